The number of amides is 1. The minimum absolute atomic E-state index is 0.0592. The van der Waals surface area contributed by atoms with E-state index in [-0.39, 0.29) is 33.3 Å². The molecule has 3 aromatic rings. The molecule has 10 nitrogen and oxygen atoms in total. The van der Waals surface area contributed by atoms with E-state index in [4.69, 9.17) is 25.8 Å². The third-order valence-electron chi connectivity index (χ3n) is 4.29. The van der Waals surface area contributed by atoms with E-state index in [0.717, 1.165) is 6.26 Å². The Morgan fingerprint density at radius 2 is 1.89 bits per heavy atom. The first kappa shape index (κ1) is 26.9. The number of nitrogens with zero attached hydrogens (tertiary/aromatic N) is 3. The van der Waals surface area contributed by atoms with Gasteiger partial charge in [0.1, 0.15) is 30.6 Å². The molecule has 13 heteroatoms. The van der Waals surface area contributed by atoms with Gasteiger partial charge in [-0.15, -0.1) is 10.2 Å². The summed E-state index contributed by atoms with van der Waals surface area (Å²) in [7, 11) is -3.57. The number of benzene rings is 2. The molecule has 0 saturated carbocycles. The number of carbonyl (C=O) groups excluding carboxylic acids is 1. The molecule has 2 aromatic carbocycles. The number of para-hydroxylation sites is 1. The van der Waals surface area contributed by atoms with Crippen molar-refractivity contribution in [2.45, 2.75) is 11.3 Å². The maximum Gasteiger partial charge on any atom is 0.268 e. The number of carbonyl (C=O) groups is 1. The standard InChI is InChI=1S/C23H21ClN4O6S2/c1-3-32-19-13-15(12-18(24)20(19)34-10-9-33-17-7-5-4-6-8-17)11-16(14-25)21(29)26-22-27-28-23(35-22)36(2,30)31/h4-8,11-13H,3,9-10H2,1-2H3,(H,26,27,29)/b16-11-. The lowest BCUT2D eigenvalue weighted by Gasteiger charge is -2.15. The molecule has 0 spiro atoms. The highest BCUT2D eigenvalue weighted by Crippen LogP contribution is 2.37. The minimum atomic E-state index is -3.57. The Bertz CT molecular complexity index is 1400. The van der Waals surface area contributed by atoms with Crippen molar-refractivity contribution in [3.63, 3.8) is 0 Å². The number of ether oxygens (including phenoxy) is 3. The zero-order chi connectivity index (χ0) is 26.1. The molecule has 0 bridgehead atoms. The maximum atomic E-state index is 12.5. The van der Waals surface area contributed by atoms with Crippen LogP contribution in [0.5, 0.6) is 17.2 Å². The van der Waals surface area contributed by atoms with Crippen molar-refractivity contribution in [1.29, 1.82) is 5.26 Å². The lowest BCUT2D eigenvalue weighted by Crippen LogP contribution is -2.13. The van der Waals surface area contributed by atoms with Crippen molar-refractivity contribution in [3.8, 4) is 23.3 Å². The maximum absolute atomic E-state index is 12.5. The molecule has 0 radical (unpaired) electrons. The number of nitrogens with one attached hydrogen (secondary N) is 1. The average Bonchev–Trinajstić information content (AvgIpc) is 3.31. The van der Waals surface area contributed by atoms with Crippen LogP contribution in [-0.4, -0.2) is 50.6 Å². The number of sulfone groups is 1. The number of hydrogen-bond acceptors (Lipinski definition) is 10. The number of rotatable bonds is 11. The van der Waals surface area contributed by atoms with Gasteiger partial charge in [-0.2, -0.15) is 5.26 Å². The topological polar surface area (TPSA) is 140 Å². The SMILES string of the molecule is CCOc1cc(/C=C(/C#N)C(=O)Nc2nnc(S(C)(=O)=O)s2)cc(Cl)c1OCCOc1ccccc1. The summed E-state index contributed by atoms with van der Waals surface area (Å²) in [5.74, 6) is 0.551. The molecule has 188 valence electrons. The summed E-state index contributed by atoms with van der Waals surface area (Å²) in [6.07, 6.45) is 2.29. The Morgan fingerprint density at radius 1 is 1.17 bits per heavy atom. The Morgan fingerprint density at radius 3 is 2.53 bits per heavy atom. The number of halogens is 1. The molecule has 1 aromatic heterocycles. The summed E-state index contributed by atoms with van der Waals surface area (Å²) < 4.78 is 39.9. The Labute approximate surface area is 217 Å². The van der Waals surface area contributed by atoms with Crippen LogP contribution < -0.4 is 19.5 Å². The second-order valence-corrected chi connectivity index (χ2v) is 10.6. The van der Waals surface area contributed by atoms with Crippen molar-refractivity contribution in [2.24, 2.45) is 0 Å². The molecule has 1 heterocycles. The molecule has 1 amide bonds. The molecule has 0 atom stereocenters. The summed E-state index contributed by atoms with van der Waals surface area (Å²) >= 11 is 7.09. The van der Waals surface area contributed by atoms with Crippen molar-refractivity contribution in [1.82, 2.24) is 10.2 Å². The van der Waals surface area contributed by atoms with Gasteiger partial charge in [-0.05, 0) is 42.8 Å². The second kappa shape index (κ2) is 12.3. The third-order valence-corrected chi connectivity index (χ3v) is 7.08. The van der Waals surface area contributed by atoms with Gasteiger partial charge in [0.15, 0.2) is 11.5 Å². The van der Waals surface area contributed by atoms with Crippen LogP contribution in [0.2, 0.25) is 5.02 Å². The summed E-state index contributed by atoms with van der Waals surface area (Å²) in [4.78, 5) is 12.5. The van der Waals surface area contributed by atoms with Gasteiger partial charge in [-0.25, -0.2) is 8.42 Å². The fraction of sp³-hybridized carbons (Fsp3) is 0.217. The third kappa shape index (κ3) is 7.42. The van der Waals surface area contributed by atoms with Gasteiger partial charge >= 0.3 is 0 Å². The van der Waals surface area contributed by atoms with E-state index >= 15 is 0 Å². The highest BCUT2D eigenvalue weighted by molar-refractivity contribution is 7.92. The predicted molar refractivity (Wildman–Crippen MR) is 135 cm³/mol. The smallest absolute Gasteiger partial charge is 0.268 e. The van der Waals surface area contributed by atoms with E-state index in [9.17, 15) is 18.5 Å². The van der Waals surface area contributed by atoms with Crippen LogP contribution in [0.15, 0.2) is 52.4 Å². The summed E-state index contributed by atoms with van der Waals surface area (Å²) in [6, 6.07) is 14.2. The predicted octanol–water partition coefficient (Wildman–Crippen LogP) is 4.00. The zero-order valence-electron chi connectivity index (χ0n) is 19.2. The Hall–Kier alpha value is -3.66. The first-order valence-electron chi connectivity index (χ1n) is 10.4. The molecular formula is C23H21ClN4O6S2. The van der Waals surface area contributed by atoms with Gasteiger partial charge in [-0.1, -0.05) is 41.1 Å². The first-order chi connectivity index (χ1) is 17.2. The van der Waals surface area contributed by atoms with Crippen molar-refractivity contribution >= 4 is 49.9 Å². The van der Waals surface area contributed by atoms with E-state index in [2.05, 4.69) is 15.5 Å². The number of hydrogen-bond donors (Lipinski definition) is 1. The average molecular weight is 549 g/mol. The van der Waals surface area contributed by atoms with Gasteiger partial charge in [0.25, 0.3) is 5.91 Å². The molecule has 0 saturated heterocycles. The molecule has 0 aliphatic carbocycles. The van der Waals surface area contributed by atoms with E-state index < -0.39 is 15.7 Å². The van der Waals surface area contributed by atoms with Crippen LogP contribution in [0, 0.1) is 11.3 Å². The Balaban J connectivity index is 1.74. The monoisotopic (exact) mass is 548 g/mol. The quantitative estimate of drug-likeness (QED) is 0.163. The normalized spacial score (nSPS) is 11.4. The van der Waals surface area contributed by atoms with Crippen molar-refractivity contribution in [3.05, 3.63) is 58.6 Å². The van der Waals surface area contributed by atoms with Crippen molar-refractivity contribution in [2.75, 3.05) is 31.4 Å². The molecule has 0 fully saturated rings. The molecule has 1 N–H and O–H groups in total. The Kier molecular flexibility index (Phi) is 9.24. The lowest BCUT2D eigenvalue weighted by molar-refractivity contribution is -0.112. The lowest BCUT2D eigenvalue weighted by atomic mass is 10.1. The zero-order valence-corrected chi connectivity index (χ0v) is 21.6. The second-order valence-electron chi connectivity index (χ2n) is 7.04. The van der Waals surface area contributed by atoms with Crippen molar-refractivity contribution < 1.29 is 27.4 Å². The van der Waals surface area contributed by atoms with Gasteiger partial charge in [-0.3, -0.25) is 10.1 Å². The minimum Gasteiger partial charge on any atom is -0.490 e. The number of nitriles is 1. The molecule has 0 aliphatic rings. The van der Waals surface area contributed by atoms with Gasteiger partial charge in [0, 0.05) is 6.26 Å². The van der Waals surface area contributed by atoms with Crippen LogP contribution in [0.4, 0.5) is 5.13 Å². The van der Waals surface area contributed by atoms with E-state index in [0.29, 0.717) is 40.8 Å². The van der Waals surface area contributed by atoms with Gasteiger partial charge in [0.2, 0.25) is 19.3 Å². The summed E-state index contributed by atoms with van der Waals surface area (Å²) in [6.45, 7) is 2.59. The number of aromatic nitrogens is 2. The van der Waals surface area contributed by atoms with Gasteiger partial charge in [0.05, 0.1) is 11.6 Å². The van der Waals surface area contributed by atoms with Crippen LogP contribution in [0.3, 0.4) is 0 Å². The summed E-state index contributed by atoms with van der Waals surface area (Å²) in [5, 5.41) is 19.2. The summed E-state index contributed by atoms with van der Waals surface area (Å²) in [5.41, 5.74) is 0.145. The molecule has 36 heavy (non-hydrogen) atoms. The van der Waals surface area contributed by atoms with Crippen LogP contribution in [0.25, 0.3) is 6.08 Å². The fourth-order valence-corrected chi connectivity index (χ4v) is 4.56. The van der Waals surface area contributed by atoms with E-state index in [1.54, 1.807) is 19.1 Å². The highest BCUT2D eigenvalue weighted by atomic mass is 35.5. The van der Waals surface area contributed by atoms with E-state index in [1.165, 1.54) is 12.1 Å². The largest absolute Gasteiger partial charge is 0.490 e. The molecule has 0 unspecified atom stereocenters. The molecular weight excluding hydrogens is 528 g/mol. The van der Waals surface area contributed by atoms with Crippen LogP contribution >= 0.6 is 22.9 Å². The van der Waals surface area contributed by atoms with E-state index in [1.807, 2.05) is 30.3 Å². The fourth-order valence-electron chi connectivity index (χ4n) is 2.78. The molecule has 0 aliphatic heterocycles. The highest BCUT2D eigenvalue weighted by Gasteiger charge is 2.18. The number of anilines is 1. The van der Waals surface area contributed by atoms with Crippen LogP contribution in [-0.2, 0) is 14.6 Å². The first-order valence-corrected chi connectivity index (χ1v) is 13.5. The van der Waals surface area contributed by atoms with Gasteiger partial charge < -0.3 is 14.2 Å². The van der Waals surface area contributed by atoms with Crippen LogP contribution in [0.1, 0.15) is 12.5 Å². The molecule has 3 rings (SSSR count).